The summed E-state index contributed by atoms with van der Waals surface area (Å²) in [4.78, 5) is 33.0. The summed E-state index contributed by atoms with van der Waals surface area (Å²) in [6.07, 6.45) is 0. The highest BCUT2D eigenvalue weighted by atomic mass is 16.4. The van der Waals surface area contributed by atoms with Crippen LogP contribution in [0.2, 0.25) is 0 Å². The Hall–Kier alpha value is -2.57. The van der Waals surface area contributed by atoms with Crippen LogP contribution in [-0.4, -0.2) is 21.6 Å². The van der Waals surface area contributed by atoms with Gasteiger partial charge in [-0.3, -0.25) is 14.2 Å². The van der Waals surface area contributed by atoms with E-state index in [-0.39, 0.29) is 11.5 Å². The van der Waals surface area contributed by atoms with Crippen LogP contribution in [0.1, 0.15) is 6.92 Å². The van der Waals surface area contributed by atoms with E-state index in [0.29, 0.717) is 11.2 Å². The van der Waals surface area contributed by atoms with Crippen LogP contribution in [0.3, 0.4) is 0 Å². The Morgan fingerprint density at radius 1 is 1.44 bits per heavy atom. The summed E-state index contributed by atoms with van der Waals surface area (Å²) < 4.78 is 5.92. The summed E-state index contributed by atoms with van der Waals surface area (Å²) in [7, 11) is 0. The van der Waals surface area contributed by atoms with Gasteiger partial charge in [0.05, 0.1) is 5.52 Å². The van der Waals surface area contributed by atoms with Gasteiger partial charge < -0.3 is 14.8 Å². The minimum absolute atomic E-state index is 0.229. The first-order valence-electron chi connectivity index (χ1n) is 5.10. The third kappa shape index (κ3) is 2.24. The maximum absolute atomic E-state index is 11.5. The molecule has 7 heteroatoms. The summed E-state index contributed by atoms with van der Waals surface area (Å²) in [5.41, 5.74) is 1.08. The molecule has 0 atom stereocenters. The van der Waals surface area contributed by atoms with Gasteiger partial charge in [0.1, 0.15) is 6.54 Å². The number of nitrogens with one attached hydrogen (secondary N) is 1. The molecule has 0 spiro atoms. The van der Waals surface area contributed by atoms with E-state index in [1.165, 1.54) is 19.1 Å². The average molecular weight is 250 g/mol. The van der Waals surface area contributed by atoms with Crippen molar-refractivity contribution in [2.75, 3.05) is 5.32 Å². The number of amides is 1. The highest BCUT2D eigenvalue weighted by Gasteiger charge is 2.12. The van der Waals surface area contributed by atoms with Gasteiger partial charge in [-0.1, -0.05) is 0 Å². The number of carboxylic acids is 1. The molecule has 0 aliphatic heterocycles. The number of carbonyl (C=O) groups excluding carboxylic acids is 1. The number of hydrogen-bond acceptors (Lipinski definition) is 4. The van der Waals surface area contributed by atoms with Crippen molar-refractivity contribution in [1.29, 1.82) is 0 Å². The smallest absolute Gasteiger partial charge is 0.420 e. The SMILES string of the molecule is CC(=O)Nc1ccc2c(c1)oc(=O)n2CC(=O)O. The molecule has 2 rings (SSSR count). The lowest BCUT2D eigenvalue weighted by Crippen LogP contribution is -2.19. The number of aromatic nitrogens is 1. The Balaban J connectivity index is 2.50. The fourth-order valence-electron chi connectivity index (χ4n) is 1.63. The van der Waals surface area contributed by atoms with Crippen LogP contribution in [0.5, 0.6) is 0 Å². The van der Waals surface area contributed by atoms with Crippen molar-refractivity contribution in [3.8, 4) is 0 Å². The summed E-state index contributed by atoms with van der Waals surface area (Å²) in [5.74, 6) is -2.13. The normalized spacial score (nSPS) is 10.5. The molecule has 0 aliphatic carbocycles. The zero-order valence-corrected chi connectivity index (χ0v) is 9.47. The molecular weight excluding hydrogens is 240 g/mol. The molecule has 0 saturated heterocycles. The van der Waals surface area contributed by atoms with E-state index >= 15 is 0 Å². The van der Waals surface area contributed by atoms with E-state index in [0.717, 1.165) is 4.57 Å². The molecule has 1 heterocycles. The van der Waals surface area contributed by atoms with Gasteiger partial charge in [-0.25, -0.2) is 4.79 Å². The molecule has 1 aromatic heterocycles. The maximum atomic E-state index is 11.5. The highest BCUT2D eigenvalue weighted by molar-refractivity contribution is 5.91. The van der Waals surface area contributed by atoms with Crippen LogP contribution in [0.25, 0.3) is 11.1 Å². The predicted octanol–water partition coefficient (Wildman–Crippen LogP) is 0.637. The Morgan fingerprint density at radius 2 is 2.17 bits per heavy atom. The molecule has 18 heavy (non-hydrogen) atoms. The standard InChI is InChI=1S/C11H10N2O5/c1-6(14)12-7-2-3-8-9(4-7)18-11(17)13(8)5-10(15)16/h2-4H,5H2,1H3,(H,12,14)(H,15,16). The number of hydrogen-bond donors (Lipinski definition) is 2. The quantitative estimate of drug-likeness (QED) is 0.832. The van der Waals surface area contributed by atoms with Crippen LogP contribution < -0.4 is 11.1 Å². The molecule has 1 aromatic carbocycles. The maximum Gasteiger partial charge on any atom is 0.420 e. The van der Waals surface area contributed by atoms with Gasteiger partial charge in [0.25, 0.3) is 0 Å². The number of fused-ring (bicyclic) bond motifs is 1. The van der Waals surface area contributed by atoms with Crippen molar-refractivity contribution >= 4 is 28.7 Å². The number of carbonyl (C=O) groups is 2. The Labute approximate surface area is 101 Å². The fraction of sp³-hybridized carbons (Fsp3) is 0.182. The Bertz CT molecular complexity index is 682. The van der Waals surface area contributed by atoms with E-state index in [4.69, 9.17) is 9.52 Å². The van der Waals surface area contributed by atoms with Crippen LogP contribution in [-0.2, 0) is 16.1 Å². The monoisotopic (exact) mass is 250 g/mol. The van der Waals surface area contributed by atoms with Crippen molar-refractivity contribution in [2.24, 2.45) is 0 Å². The number of aliphatic carboxylic acids is 1. The Morgan fingerprint density at radius 3 is 2.78 bits per heavy atom. The number of rotatable bonds is 3. The average Bonchev–Trinajstić information content (AvgIpc) is 2.53. The molecule has 0 aliphatic rings. The number of carboxylic acid groups (broad SMARTS) is 1. The largest absolute Gasteiger partial charge is 0.480 e. The first-order chi connectivity index (χ1) is 8.47. The zero-order valence-electron chi connectivity index (χ0n) is 9.47. The van der Waals surface area contributed by atoms with E-state index in [2.05, 4.69) is 5.32 Å². The first-order valence-corrected chi connectivity index (χ1v) is 5.10. The highest BCUT2D eigenvalue weighted by Crippen LogP contribution is 2.18. The summed E-state index contributed by atoms with van der Waals surface area (Å²) in [6.45, 7) is 0.890. The molecule has 0 saturated carbocycles. The van der Waals surface area contributed by atoms with Gasteiger partial charge in [-0.2, -0.15) is 0 Å². The predicted molar refractivity (Wildman–Crippen MR) is 62.4 cm³/mol. The van der Waals surface area contributed by atoms with Gasteiger partial charge in [-0.05, 0) is 12.1 Å². The lowest BCUT2D eigenvalue weighted by atomic mass is 10.3. The number of nitrogens with zero attached hydrogens (tertiary/aromatic N) is 1. The molecule has 0 bridgehead atoms. The lowest BCUT2D eigenvalue weighted by Gasteiger charge is -2.01. The molecule has 0 unspecified atom stereocenters. The van der Waals surface area contributed by atoms with Crippen LogP contribution in [0.15, 0.2) is 27.4 Å². The number of benzene rings is 1. The zero-order chi connectivity index (χ0) is 13.3. The van der Waals surface area contributed by atoms with Crippen molar-refractivity contribution < 1.29 is 19.1 Å². The molecular formula is C11H10N2O5. The van der Waals surface area contributed by atoms with Gasteiger partial charge in [0, 0.05) is 18.7 Å². The minimum Gasteiger partial charge on any atom is -0.480 e. The van der Waals surface area contributed by atoms with Crippen LogP contribution >= 0.6 is 0 Å². The molecule has 2 aromatic rings. The minimum atomic E-state index is -1.13. The van der Waals surface area contributed by atoms with E-state index in [9.17, 15) is 14.4 Å². The van der Waals surface area contributed by atoms with E-state index < -0.39 is 18.3 Å². The van der Waals surface area contributed by atoms with Crippen molar-refractivity contribution in [3.63, 3.8) is 0 Å². The summed E-state index contributed by atoms with van der Waals surface area (Å²) >= 11 is 0. The number of oxazole rings is 1. The van der Waals surface area contributed by atoms with E-state index in [1.807, 2.05) is 0 Å². The van der Waals surface area contributed by atoms with E-state index in [1.54, 1.807) is 6.07 Å². The fourth-order valence-corrected chi connectivity index (χ4v) is 1.63. The van der Waals surface area contributed by atoms with Gasteiger partial charge in [0.15, 0.2) is 5.58 Å². The van der Waals surface area contributed by atoms with Gasteiger partial charge in [-0.15, -0.1) is 0 Å². The molecule has 7 nitrogen and oxygen atoms in total. The van der Waals surface area contributed by atoms with Crippen molar-refractivity contribution in [1.82, 2.24) is 4.57 Å². The third-order valence-corrected chi connectivity index (χ3v) is 2.28. The van der Waals surface area contributed by atoms with Crippen molar-refractivity contribution in [3.05, 3.63) is 28.7 Å². The Kier molecular flexibility index (Phi) is 2.88. The molecule has 1 amide bonds. The first kappa shape index (κ1) is 11.9. The topological polar surface area (TPSA) is 102 Å². The van der Waals surface area contributed by atoms with Crippen LogP contribution in [0, 0.1) is 0 Å². The lowest BCUT2D eigenvalue weighted by molar-refractivity contribution is -0.137. The molecule has 94 valence electrons. The third-order valence-electron chi connectivity index (χ3n) is 2.28. The second-order valence-electron chi connectivity index (χ2n) is 3.71. The second-order valence-corrected chi connectivity index (χ2v) is 3.71. The molecule has 0 radical (unpaired) electrons. The molecule has 0 fully saturated rings. The van der Waals surface area contributed by atoms with Gasteiger partial charge in [0.2, 0.25) is 5.91 Å². The summed E-state index contributed by atoms with van der Waals surface area (Å²) in [5, 5.41) is 11.2. The van der Waals surface area contributed by atoms with Crippen LogP contribution in [0.4, 0.5) is 5.69 Å². The number of anilines is 1. The molecule has 2 N–H and O–H groups in total. The summed E-state index contributed by atoms with van der Waals surface area (Å²) in [6, 6.07) is 4.56. The van der Waals surface area contributed by atoms with Crippen molar-refractivity contribution in [2.45, 2.75) is 13.5 Å². The van der Waals surface area contributed by atoms with Gasteiger partial charge >= 0.3 is 11.7 Å². The second kappa shape index (κ2) is 4.36.